The first-order valence-electron chi connectivity index (χ1n) is 7.03. The zero-order valence-electron chi connectivity index (χ0n) is 11.7. The average Bonchev–Trinajstić information content (AvgIpc) is 2.42. The summed E-state index contributed by atoms with van der Waals surface area (Å²) in [7, 11) is 0. The molecule has 1 unspecified atom stereocenters. The minimum Gasteiger partial charge on any atom is -0.465 e. The Morgan fingerprint density at radius 2 is 2.20 bits per heavy atom. The Labute approximate surface area is 127 Å². The van der Waals surface area contributed by atoms with Gasteiger partial charge in [0.2, 0.25) is 0 Å². The molecule has 0 bridgehead atoms. The Hall–Kier alpha value is -1.16. The van der Waals surface area contributed by atoms with Crippen LogP contribution < -0.4 is 0 Å². The van der Waals surface area contributed by atoms with E-state index in [1.165, 1.54) is 0 Å². The van der Waals surface area contributed by atoms with Crippen LogP contribution in [0, 0.1) is 5.41 Å². The zero-order chi connectivity index (χ0) is 14.6. The summed E-state index contributed by atoms with van der Waals surface area (Å²) in [6.07, 6.45) is 3.28. The van der Waals surface area contributed by atoms with Crippen molar-refractivity contribution in [2.45, 2.75) is 39.0 Å². The second kappa shape index (κ2) is 6.53. The van der Waals surface area contributed by atoms with E-state index in [0.717, 1.165) is 22.9 Å². The van der Waals surface area contributed by atoms with Crippen molar-refractivity contribution in [2.24, 2.45) is 5.41 Å². The van der Waals surface area contributed by atoms with Crippen LogP contribution in [0.25, 0.3) is 0 Å². The third kappa shape index (κ3) is 3.11. The van der Waals surface area contributed by atoms with Crippen LogP contribution >= 0.6 is 15.9 Å². The number of benzene rings is 1. The van der Waals surface area contributed by atoms with Crippen molar-refractivity contribution in [2.75, 3.05) is 6.61 Å². The molecule has 0 spiro atoms. The first-order valence-corrected chi connectivity index (χ1v) is 7.83. The van der Waals surface area contributed by atoms with E-state index < -0.39 is 5.41 Å². The van der Waals surface area contributed by atoms with Crippen molar-refractivity contribution in [1.82, 2.24) is 0 Å². The monoisotopic (exact) mass is 338 g/mol. The maximum Gasteiger partial charge on any atom is 0.319 e. The lowest BCUT2D eigenvalue weighted by Gasteiger charge is -2.33. The number of esters is 1. The fraction of sp³-hybridized carbons (Fsp3) is 0.500. The van der Waals surface area contributed by atoms with Gasteiger partial charge in [0, 0.05) is 10.9 Å². The molecule has 1 aliphatic rings. The molecule has 20 heavy (non-hydrogen) atoms. The van der Waals surface area contributed by atoms with Crippen molar-refractivity contribution in [3.05, 3.63) is 34.3 Å². The molecule has 1 saturated carbocycles. The number of Topliss-reactive ketones (excluding diaryl/α,β-unsaturated/α-hetero) is 1. The van der Waals surface area contributed by atoms with Crippen LogP contribution in [-0.2, 0) is 20.7 Å². The molecule has 1 atom stereocenters. The van der Waals surface area contributed by atoms with Crippen LogP contribution in [0.1, 0.15) is 38.2 Å². The minimum atomic E-state index is -0.977. The molecule has 0 amide bonds. The molecule has 0 radical (unpaired) electrons. The Morgan fingerprint density at radius 1 is 1.40 bits per heavy atom. The number of hydrogen-bond acceptors (Lipinski definition) is 3. The highest BCUT2D eigenvalue weighted by molar-refractivity contribution is 9.10. The van der Waals surface area contributed by atoms with Gasteiger partial charge >= 0.3 is 5.97 Å². The van der Waals surface area contributed by atoms with Crippen molar-refractivity contribution < 1.29 is 14.3 Å². The molecule has 1 fully saturated rings. The molecule has 0 saturated heterocycles. The number of carbonyl (C=O) groups is 2. The topological polar surface area (TPSA) is 43.4 Å². The Morgan fingerprint density at radius 3 is 2.85 bits per heavy atom. The number of ketones is 1. The Kier molecular flexibility index (Phi) is 4.97. The van der Waals surface area contributed by atoms with Gasteiger partial charge in [0.05, 0.1) is 6.61 Å². The van der Waals surface area contributed by atoms with Crippen LogP contribution in [0.4, 0.5) is 0 Å². The van der Waals surface area contributed by atoms with E-state index in [1.807, 2.05) is 24.3 Å². The van der Waals surface area contributed by atoms with Gasteiger partial charge in [-0.15, -0.1) is 0 Å². The molecule has 0 aliphatic heterocycles. The molecule has 1 aromatic rings. The second-order valence-electron chi connectivity index (χ2n) is 5.24. The van der Waals surface area contributed by atoms with Crippen molar-refractivity contribution in [3.8, 4) is 0 Å². The summed E-state index contributed by atoms with van der Waals surface area (Å²) >= 11 is 3.43. The first kappa shape index (κ1) is 15.2. The lowest BCUT2D eigenvalue weighted by molar-refractivity contribution is -0.162. The van der Waals surface area contributed by atoms with Crippen LogP contribution in [0.5, 0.6) is 0 Å². The van der Waals surface area contributed by atoms with Crippen LogP contribution in [0.15, 0.2) is 28.7 Å². The van der Waals surface area contributed by atoms with Gasteiger partial charge in [0.15, 0.2) is 5.78 Å². The van der Waals surface area contributed by atoms with E-state index in [1.54, 1.807) is 6.92 Å². The predicted molar refractivity (Wildman–Crippen MR) is 80.4 cm³/mol. The van der Waals surface area contributed by atoms with E-state index in [4.69, 9.17) is 4.74 Å². The number of hydrogen-bond donors (Lipinski definition) is 0. The smallest absolute Gasteiger partial charge is 0.319 e. The van der Waals surface area contributed by atoms with Gasteiger partial charge in [0.25, 0.3) is 0 Å². The summed E-state index contributed by atoms with van der Waals surface area (Å²) in [5.41, 5.74) is 0.0115. The molecule has 2 rings (SSSR count). The molecule has 0 aromatic heterocycles. The van der Waals surface area contributed by atoms with E-state index >= 15 is 0 Å². The second-order valence-corrected chi connectivity index (χ2v) is 6.16. The Balaban J connectivity index is 2.31. The van der Waals surface area contributed by atoms with E-state index in [2.05, 4.69) is 15.9 Å². The fourth-order valence-electron chi connectivity index (χ4n) is 2.83. The summed E-state index contributed by atoms with van der Waals surface area (Å²) in [4.78, 5) is 24.8. The predicted octanol–water partition coefficient (Wildman–Crippen LogP) is 3.68. The number of carbonyl (C=O) groups excluding carboxylic acids is 2. The van der Waals surface area contributed by atoms with E-state index in [-0.39, 0.29) is 11.8 Å². The fourth-order valence-corrected chi connectivity index (χ4v) is 3.28. The normalized spacial score (nSPS) is 22.6. The van der Waals surface area contributed by atoms with E-state index in [9.17, 15) is 9.59 Å². The van der Waals surface area contributed by atoms with Crippen molar-refractivity contribution in [3.63, 3.8) is 0 Å². The molecule has 1 aliphatic carbocycles. The molecular formula is C16H19BrO3. The zero-order valence-corrected chi connectivity index (χ0v) is 13.2. The maximum atomic E-state index is 12.4. The molecule has 108 valence electrons. The molecule has 4 heteroatoms. The van der Waals surface area contributed by atoms with Gasteiger partial charge in [-0.05, 0) is 43.9 Å². The van der Waals surface area contributed by atoms with Gasteiger partial charge in [0.1, 0.15) is 5.41 Å². The number of ether oxygens (including phenoxy) is 1. The average molecular weight is 339 g/mol. The summed E-state index contributed by atoms with van der Waals surface area (Å²) in [6.45, 7) is 2.09. The first-order chi connectivity index (χ1) is 9.58. The summed E-state index contributed by atoms with van der Waals surface area (Å²) in [5, 5.41) is 0. The lowest BCUT2D eigenvalue weighted by Crippen LogP contribution is -2.44. The summed E-state index contributed by atoms with van der Waals surface area (Å²) < 4.78 is 6.14. The van der Waals surface area contributed by atoms with Gasteiger partial charge < -0.3 is 4.74 Å². The molecule has 0 N–H and O–H groups in total. The highest BCUT2D eigenvalue weighted by Crippen LogP contribution is 2.38. The molecule has 1 aromatic carbocycles. The van der Waals surface area contributed by atoms with Gasteiger partial charge in [-0.2, -0.15) is 0 Å². The van der Waals surface area contributed by atoms with Crippen LogP contribution in [-0.4, -0.2) is 18.4 Å². The highest BCUT2D eigenvalue weighted by Gasteiger charge is 2.47. The SMILES string of the molecule is CCOC(=O)C1(Cc2cccc(Br)c2)CCCCC1=O. The van der Waals surface area contributed by atoms with Gasteiger partial charge in [-0.25, -0.2) is 0 Å². The standard InChI is InChI=1S/C16H19BrO3/c1-2-20-15(19)16(9-4-3-8-14(16)18)11-12-6-5-7-13(17)10-12/h5-7,10H,2-4,8-9,11H2,1H3. The van der Waals surface area contributed by atoms with Gasteiger partial charge in [-0.1, -0.05) is 34.5 Å². The summed E-state index contributed by atoms with van der Waals surface area (Å²) in [6, 6.07) is 7.77. The highest BCUT2D eigenvalue weighted by atomic mass is 79.9. The van der Waals surface area contributed by atoms with Crippen molar-refractivity contribution in [1.29, 1.82) is 0 Å². The third-order valence-corrected chi connectivity index (χ3v) is 4.35. The van der Waals surface area contributed by atoms with Gasteiger partial charge in [-0.3, -0.25) is 9.59 Å². The number of rotatable bonds is 4. The third-order valence-electron chi connectivity index (χ3n) is 3.85. The van der Waals surface area contributed by atoms with E-state index in [0.29, 0.717) is 25.9 Å². The maximum absolute atomic E-state index is 12.4. The summed E-state index contributed by atoms with van der Waals surface area (Å²) in [5.74, 6) is -0.327. The molecule has 3 nitrogen and oxygen atoms in total. The molecule has 0 heterocycles. The Bertz CT molecular complexity index is 512. The van der Waals surface area contributed by atoms with Crippen molar-refractivity contribution >= 4 is 27.7 Å². The minimum absolute atomic E-state index is 0.0298. The lowest BCUT2D eigenvalue weighted by atomic mass is 9.69. The quantitative estimate of drug-likeness (QED) is 0.621. The van der Waals surface area contributed by atoms with Crippen LogP contribution in [0.2, 0.25) is 0 Å². The molecular weight excluding hydrogens is 320 g/mol. The van der Waals surface area contributed by atoms with Crippen LogP contribution in [0.3, 0.4) is 0 Å². The number of halogens is 1. The largest absolute Gasteiger partial charge is 0.465 e.